The van der Waals surface area contributed by atoms with Crippen LogP contribution in [0.1, 0.15) is 31.1 Å². The van der Waals surface area contributed by atoms with Gasteiger partial charge in [-0.25, -0.2) is 0 Å². The molecule has 2 amide bonds. The van der Waals surface area contributed by atoms with Crippen molar-refractivity contribution in [2.24, 2.45) is 5.92 Å². The standard InChI is InChI=1S/C18H20ClN3O2/c1-11(2)16(14-6-4-5-9-20-14)22-18(24)17(23)21-15-10-13(19)8-7-12(15)3/h4-11,16H,1-3H3,(H,21,23)(H,22,24). The average molecular weight is 346 g/mol. The second-order valence-electron chi connectivity index (χ2n) is 5.86. The molecule has 1 heterocycles. The molecule has 0 aliphatic heterocycles. The number of carbonyl (C=O) groups excluding carboxylic acids is 2. The van der Waals surface area contributed by atoms with E-state index in [1.165, 1.54) is 0 Å². The van der Waals surface area contributed by atoms with E-state index in [0.717, 1.165) is 5.56 Å². The van der Waals surface area contributed by atoms with Gasteiger partial charge in [-0.05, 0) is 42.7 Å². The predicted octanol–water partition coefficient (Wildman–Crippen LogP) is 3.50. The summed E-state index contributed by atoms with van der Waals surface area (Å²) in [6.07, 6.45) is 1.66. The van der Waals surface area contributed by atoms with E-state index in [9.17, 15) is 9.59 Å². The van der Waals surface area contributed by atoms with E-state index in [0.29, 0.717) is 16.4 Å². The van der Waals surface area contributed by atoms with Gasteiger partial charge in [-0.15, -0.1) is 0 Å². The van der Waals surface area contributed by atoms with Gasteiger partial charge in [0.15, 0.2) is 0 Å². The molecule has 0 saturated carbocycles. The van der Waals surface area contributed by atoms with Crippen molar-refractivity contribution < 1.29 is 9.59 Å². The molecule has 0 bridgehead atoms. The van der Waals surface area contributed by atoms with Crippen LogP contribution in [0.2, 0.25) is 5.02 Å². The molecular weight excluding hydrogens is 326 g/mol. The Hall–Kier alpha value is -2.40. The molecule has 0 aliphatic rings. The summed E-state index contributed by atoms with van der Waals surface area (Å²) in [6.45, 7) is 5.74. The fourth-order valence-electron chi connectivity index (χ4n) is 2.26. The van der Waals surface area contributed by atoms with Crippen LogP contribution < -0.4 is 10.6 Å². The minimum Gasteiger partial charge on any atom is -0.339 e. The molecule has 0 aliphatic carbocycles. The van der Waals surface area contributed by atoms with Crippen LogP contribution in [0.25, 0.3) is 0 Å². The average Bonchev–Trinajstić information content (AvgIpc) is 2.56. The number of amides is 2. The number of pyridine rings is 1. The van der Waals surface area contributed by atoms with Crippen LogP contribution in [-0.2, 0) is 9.59 Å². The summed E-state index contributed by atoms with van der Waals surface area (Å²) in [6, 6.07) is 10.2. The molecular formula is C18H20ClN3O2. The molecule has 2 N–H and O–H groups in total. The number of aromatic nitrogens is 1. The summed E-state index contributed by atoms with van der Waals surface area (Å²) in [5.74, 6) is -1.36. The number of carbonyl (C=O) groups is 2. The summed E-state index contributed by atoms with van der Waals surface area (Å²) in [5.41, 5.74) is 2.06. The molecule has 0 fully saturated rings. The third kappa shape index (κ3) is 4.55. The van der Waals surface area contributed by atoms with Crippen LogP contribution in [0, 0.1) is 12.8 Å². The van der Waals surface area contributed by atoms with Gasteiger partial charge in [0, 0.05) is 16.9 Å². The van der Waals surface area contributed by atoms with Crippen LogP contribution in [0.15, 0.2) is 42.6 Å². The highest BCUT2D eigenvalue weighted by Gasteiger charge is 2.23. The van der Waals surface area contributed by atoms with Crippen LogP contribution >= 0.6 is 11.6 Å². The second-order valence-corrected chi connectivity index (χ2v) is 6.30. The maximum atomic E-state index is 12.2. The minimum absolute atomic E-state index is 0.0876. The van der Waals surface area contributed by atoms with Crippen LogP contribution in [-0.4, -0.2) is 16.8 Å². The summed E-state index contributed by atoms with van der Waals surface area (Å²) in [5, 5.41) is 5.82. The molecule has 2 aromatic rings. The third-order valence-corrected chi connectivity index (χ3v) is 3.85. The molecule has 0 radical (unpaired) electrons. The van der Waals surface area contributed by atoms with E-state index in [-0.39, 0.29) is 12.0 Å². The lowest BCUT2D eigenvalue weighted by atomic mass is 10.0. The fraction of sp³-hybridized carbons (Fsp3) is 0.278. The Bertz CT molecular complexity index is 732. The molecule has 126 valence electrons. The maximum Gasteiger partial charge on any atom is 0.313 e. The van der Waals surface area contributed by atoms with Gasteiger partial charge in [-0.1, -0.05) is 37.6 Å². The van der Waals surface area contributed by atoms with Crippen LogP contribution in [0.3, 0.4) is 0 Å². The van der Waals surface area contributed by atoms with Gasteiger partial charge >= 0.3 is 11.8 Å². The number of hydrogen-bond acceptors (Lipinski definition) is 3. The first-order valence-corrected chi connectivity index (χ1v) is 8.05. The molecule has 0 spiro atoms. The van der Waals surface area contributed by atoms with Crippen molar-refractivity contribution >= 4 is 29.1 Å². The van der Waals surface area contributed by atoms with E-state index < -0.39 is 11.8 Å². The quantitative estimate of drug-likeness (QED) is 0.833. The molecule has 0 saturated heterocycles. The monoisotopic (exact) mass is 345 g/mol. The number of benzene rings is 1. The van der Waals surface area contributed by atoms with Gasteiger partial charge in [0.25, 0.3) is 0 Å². The van der Waals surface area contributed by atoms with Gasteiger partial charge in [0.2, 0.25) is 0 Å². The molecule has 1 aromatic carbocycles. The zero-order valence-electron chi connectivity index (χ0n) is 13.8. The van der Waals surface area contributed by atoms with Gasteiger partial charge in [-0.2, -0.15) is 0 Å². The Morgan fingerprint density at radius 3 is 2.50 bits per heavy atom. The lowest BCUT2D eigenvalue weighted by molar-refractivity contribution is -0.136. The number of hydrogen-bond donors (Lipinski definition) is 2. The Morgan fingerprint density at radius 1 is 1.12 bits per heavy atom. The highest BCUT2D eigenvalue weighted by Crippen LogP contribution is 2.21. The largest absolute Gasteiger partial charge is 0.339 e. The van der Waals surface area contributed by atoms with Crippen LogP contribution in [0.4, 0.5) is 5.69 Å². The Labute approximate surface area is 146 Å². The zero-order valence-corrected chi connectivity index (χ0v) is 14.6. The molecule has 1 atom stereocenters. The van der Waals surface area contributed by atoms with Crippen LogP contribution in [0.5, 0.6) is 0 Å². The van der Waals surface area contributed by atoms with E-state index in [2.05, 4.69) is 15.6 Å². The number of anilines is 1. The van der Waals surface area contributed by atoms with Gasteiger partial charge in [0.05, 0.1) is 11.7 Å². The lowest BCUT2D eigenvalue weighted by Gasteiger charge is -2.21. The Kier molecular flexibility index (Phi) is 5.93. The maximum absolute atomic E-state index is 12.2. The number of halogens is 1. The van der Waals surface area contributed by atoms with Gasteiger partial charge < -0.3 is 10.6 Å². The van der Waals surface area contributed by atoms with Crippen molar-refractivity contribution in [2.45, 2.75) is 26.8 Å². The van der Waals surface area contributed by atoms with Crippen molar-refractivity contribution in [1.29, 1.82) is 0 Å². The predicted molar refractivity (Wildman–Crippen MR) is 94.8 cm³/mol. The van der Waals surface area contributed by atoms with Gasteiger partial charge in [-0.3, -0.25) is 14.6 Å². The van der Waals surface area contributed by atoms with E-state index in [4.69, 9.17) is 11.6 Å². The van der Waals surface area contributed by atoms with Crippen molar-refractivity contribution in [1.82, 2.24) is 10.3 Å². The first-order valence-electron chi connectivity index (χ1n) is 7.67. The molecule has 5 nitrogen and oxygen atoms in total. The number of aryl methyl sites for hydroxylation is 1. The minimum atomic E-state index is -0.734. The molecule has 1 aromatic heterocycles. The SMILES string of the molecule is Cc1ccc(Cl)cc1NC(=O)C(=O)NC(c1ccccn1)C(C)C. The van der Waals surface area contributed by atoms with Crippen molar-refractivity contribution in [3.63, 3.8) is 0 Å². The summed E-state index contributed by atoms with van der Waals surface area (Å²) in [7, 11) is 0. The third-order valence-electron chi connectivity index (χ3n) is 3.61. The first kappa shape index (κ1) is 17.9. The van der Waals surface area contributed by atoms with Crippen molar-refractivity contribution in [3.8, 4) is 0 Å². The normalized spacial score (nSPS) is 11.9. The smallest absolute Gasteiger partial charge is 0.313 e. The number of nitrogens with one attached hydrogen (secondary N) is 2. The van der Waals surface area contributed by atoms with E-state index in [1.807, 2.05) is 32.9 Å². The topological polar surface area (TPSA) is 71.1 Å². The second kappa shape index (κ2) is 7.93. The molecule has 24 heavy (non-hydrogen) atoms. The van der Waals surface area contributed by atoms with Crippen molar-refractivity contribution in [2.75, 3.05) is 5.32 Å². The Morgan fingerprint density at radius 2 is 1.88 bits per heavy atom. The molecule has 1 unspecified atom stereocenters. The fourth-order valence-corrected chi connectivity index (χ4v) is 2.43. The van der Waals surface area contributed by atoms with Crippen molar-refractivity contribution in [3.05, 3.63) is 58.9 Å². The number of nitrogens with zero attached hydrogens (tertiary/aromatic N) is 1. The van der Waals surface area contributed by atoms with Gasteiger partial charge in [0.1, 0.15) is 0 Å². The highest BCUT2D eigenvalue weighted by atomic mass is 35.5. The lowest BCUT2D eigenvalue weighted by Crippen LogP contribution is -2.40. The highest BCUT2D eigenvalue weighted by molar-refractivity contribution is 6.40. The summed E-state index contributed by atoms with van der Waals surface area (Å²) >= 11 is 5.93. The zero-order chi connectivity index (χ0) is 17.7. The summed E-state index contributed by atoms with van der Waals surface area (Å²) in [4.78, 5) is 28.7. The van der Waals surface area contributed by atoms with E-state index in [1.54, 1.807) is 30.5 Å². The van der Waals surface area contributed by atoms with E-state index >= 15 is 0 Å². The number of rotatable bonds is 4. The first-order chi connectivity index (χ1) is 11.4. The molecule has 2 rings (SSSR count). The summed E-state index contributed by atoms with van der Waals surface area (Å²) < 4.78 is 0. The Balaban J connectivity index is 2.09. The molecule has 6 heteroatoms.